The number of pyridine rings is 3. The molecule has 1 saturated heterocycles. The highest BCUT2D eigenvalue weighted by Crippen LogP contribution is 2.33. The summed E-state index contributed by atoms with van der Waals surface area (Å²) in [6, 6.07) is 71.0. The van der Waals surface area contributed by atoms with E-state index in [-0.39, 0.29) is 128 Å². The van der Waals surface area contributed by atoms with E-state index < -0.39 is 51.7 Å². The van der Waals surface area contributed by atoms with Gasteiger partial charge in [0.15, 0.2) is 28.9 Å². The highest BCUT2D eigenvalue weighted by molar-refractivity contribution is 7.89. The second kappa shape index (κ2) is 48.2. The lowest BCUT2D eigenvalue weighted by Gasteiger charge is -2.15. The lowest BCUT2D eigenvalue weighted by Crippen LogP contribution is -2.29. The van der Waals surface area contributed by atoms with Gasteiger partial charge in [0.1, 0.15) is 0 Å². The van der Waals surface area contributed by atoms with Gasteiger partial charge in [-0.2, -0.15) is 5.26 Å². The Morgan fingerprint density at radius 2 is 0.907 bits per heavy atom. The van der Waals surface area contributed by atoms with E-state index in [4.69, 9.17) is 30.8 Å². The number of aromatic carboxylic acids is 5. The Hall–Kier alpha value is -18.0. The number of Topliss-reactive ketones (excluding diaryl/α,β-unsaturated/α-hetero) is 5. The molecule has 32 nitrogen and oxygen atoms in total. The van der Waals surface area contributed by atoms with Gasteiger partial charge in [0, 0.05) is 96.2 Å². The van der Waals surface area contributed by atoms with Crippen molar-refractivity contribution >= 4 is 121 Å². The number of nitrogens with zero attached hydrogens (tertiary/aromatic N) is 7. The van der Waals surface area contributed by atoms with Crippen LogP contribution in [0.3, 0.4) is 0 Å². The van der Waals surface area contributed by atoms with Gasteiger partial charge in [-0.1, -0.05) is 110 Å². The van der Waals surface area contributed by atoms with E-state index in [1.165, 1.54) is 124 Å². The van der Waals surface area contributed by atoms with Crippen molar-refractivity contribution < 1.29 is 111 Å². The average molecular weight is 1900 g/mol. The topological polar surface area (TPSA) is 505 Å². The Bertz CT molecular complexity index is 7160. The number of nitriles is 1. The molecular formula is C107H91N9O23S. The molecule has 16 rings (SSSR count). The molecule has 1 fully saturated rings. The van der Waals surface area contributed by atoms with Crippen molar-refractivity contribution in [3.8, 4) is 6.07 Å². The van der Waals surface area contributed by atoms with Gasteiger partial charge in [-0.3, -0.25) is 67.7 Å². The predicted octanol–water partition coefficient (Wildman–Crippen LogP) is 16.1. The zero-order valence-electron chi connectivity index (χ0n) is 76.4. The third-order valence-electron chi connectivity index (χ3n) is 21.8. The fraction of sp³-hybridized carbons (Fsp3) is 0.140. The number of hydrogen-bond donors (Lipinski definition) is 7. The summed E-state index contributed by atoms with van der Waals surface area (Å²) in [5, 5.41) is 56.3. The second-order valence-corrected chi connectivity index (χ2v) is 33.3. The van der Waals surface area contributed by atoms with Gasteiger partial charge in [0.2, 0.25) is 15.9 Å². The van der Waals surface area contributed by atoms with Gasteiger partial charge >= 0.3 is 29.8 Å². The molecule has 708 valence electrons. The third-order valence-corrected chi connectivity index (χ3v) is 23.3. The molecule has 0 bridgehead atoms. The van der Waals surface area contributed by atoms with Gasteiger partial charge in [-0.15, -0.1) is 0 Å². The first-order valence-electron chi connectivity index (χ1n) is 43.1. The minimum atomic E-state index is -3.41. The third kappa shape index (κ3) is 27.0. The largest absolute Gasteiger partial charge is 0.478 e. The van der Waals surface area contributed by atoms with E-state index in [9.17, 15) is 85.1 Å². The Labute approximate surface area is 803 Å². The summed E-state index contributed by atoms with van der Waals surface area (Å²) in [6.45, 7) is 11.4. The molecule has 0 atom stereocenters. The van der Waals surface area contributed by atoms with Crippen LogP contribution in [0.25, 0.3) is 0 Å². The van der Waals surface area contributed by atoms with E-state index in [1.807, 2.05) is 70.2 Å². The predicted molar refractivity (Wildman–Crippen MR) is 516 cm³/mol. The van der Waals surface area contributed by atoms with Crippen molar-refractivity contribution in [2.75, 3.05) is 28.3 Å². The van der Waals surface area contributed by atoms with Crippen LogP contribution in [0.15, 0.2) is 291 Å². The molecule has 13 aromatic rings. The summed E-state index contributed by atoms with van der Waals surface area (Å²) in [5.74, 6) is -8.03. The summed E-state index contributed by atoms with van der Waals surface area (Å²) in [7, 11) is -2.04. The SMILES string of the molecule is CC(=O)c1ccc(CNC(=O)c2ccccc2C(=O)O)nc1.CC(=O)c1ccncc1CC(=O)c1ccc(C#N)cc1.CCc1ccc2c(c1)C(=O)N(c1ccc(C(=O)O)cc1)C2=O.CNS(=O)(=O)c1ccc(N2CCCC2=O)cc1.Cc1cc(CC(=O)c2ccccc2C(=O)O)ccn1.Cc1ccc2c(c1)C(=O)N(c1ccc(C(=O)O)cc1)C2=O.Cc1ccccc1CC(=O)c1ccccc1C(=O)O. The molecule has 140 heavy (non-hydrogen) atoms. The molecule has 6 amide bonds. The number of hydrogen-bond acceptors (Lipinski definition) is 22. The number of aryl methyl sites for hydroxylation is 4. The van der Waals surface area contributed by atoms with Crippen molar-refractivity contribution in [1.82, 2.24) is 25.0 Å². The summed E-state index contributed by atoms with van der Waals surface area (Å²) in [4.78, 5) is 203. The zero-order valence-corrected chi connectivity index (χ0v) is 77.2. The Morgan fingerprint density at radius 3 is 1.39 bits per heavy atom. The smallest absolute Gasteiger partial charge is 0.336 e. The van der Waals surface area contributed by atoms with Crippen LogP contribution in [0.1, 0.15) is 239 Å². The van der Waals surface area contributed by atoms with Crippen molar-refractivity contribution in [3.63, 3.8) is 0 Å². The maximum Gasteiger partial charge on any atom is 0.336 e. The van der Waals surface area contributed by atoms with Gasteiger partial charge in [0.25, 0.3) is 29.5 Å². The number of carboxylic acid groups (broad SMARTS) is 5. The van der Waals surface area contributed by atoms with E-state index >= 15 is 0 Å². The van der Waals surface area contributed by atoms with E-state index in [0.717, 1.165) is 61.8 Å². The quantitative estimate of drug-likeness (QED) is 0.0206. The Kier molecular flexibility index (Phi) is 35.9. The van der Waals surface area contributed by atoms with Crippen LogP contribution in [0, 0.1) is 32.1 Å². The number of ketones is 5. The first-order valence-corrected chi connectivity index (χ1v) is 44.5. The van der Waals surface area contributed by atoms with Crippen molar-refractivity contribution in [1.29, 1.82) is 5.26 Å². The van der Waals surface area contributed by atoms with E-state index in [1.54, 1.807) is 151 Å². The molecular weight excluding hydrogens is 1810 g/mol. The normalized spacial score (nSPS) is 11.9. The number of imide groups is 2. The molecule has 0 aliphatic carbocycles. The van der Waals surface area contributed by atoms with E-state index in [0.29, 0.717) is 80.1 Å². The Balaban J connectivity index is 0.000000168. The lowest BCUT2D eigenvalue weighted by molar-refractivity contribution is -0.117. The number of carbonyl (C=O) groups excluding carboxylic acids is 11. The average Bonchev–Trinajstić information content (AvgIpc) is 1.62. The van der Waals surface area contributed by atoms with Crippen LogP contribution in [0.4, 0.5) is 17.1 Å². The minimum absolute atomic E-state index is 0.0401. The molecule has 6 heterocycles. The van der Waals surface area contributed by atoms with Gasteiger partial charge < -0.3 is 35.7 Å². The Morgan fingerprint density at radius 1 is 0.429 bits per heavy atom. The zero-order chi connectivity index (χ0) is 102. The summed E-state index contributed by atoms with van der Waals surface area (Å²) < 4.78 is 25.3. The molecule has 0 spiro atoms. The number of amides is 6. The van der Waals surface area contributed by atoms with Crippen LogP contribution in [0.5, 0.6) is 0 Å². The number of nitrogens with one attached hydrogen (secondary N) is 2. The second-order valence-electron chi connectivity index (χ2n) is 31.4. The van der Waals surface area contributed by atoms with E-state index in [2.05, 4.69) is 25.0 Å². The number of fused-ring (bicyclic) bond motifs is 2. The van der Waals surface area contributed by atoms with Gasteiger partial charge in [-0.25, -0.2) is 46.9 Å². The van der Waals surface area contributed by atoms with Crippen molar-refractivity contribution in [2.24, 2.45) is 0 Å². The first kappa shape index (κ1) is 104. The molecule has 33 heteroatoms. The number of benzene rings is 10. The number of sulfonamides is 1. The minimum Gasteiger partial charge on any atom is -0.478 e. The number of rotatable bonds is 25. The highest BCUT2D eigenvalue weighted by atomic mass is 32.2. The number of carboxylic acids is 5. The number of anilines is 3. The molecule has 10 aromatic carbocycles. The summed E-state index contributed by atoms with van der Waals surface area (Å²) >= 11 is 0. The van der Waals surface area contributed by atoms with Crippen LogP contribution < -0.4 is 24.7 Å². The van der Waals surface area contributed by atoms with Gasteiger partial charge in [-0.05, 0) is 246 Å². The maximum absolute atomic E-state index is 12.5. The molecule has 0 radical (unpaired) electrons. The van der Waals surface area contributed by atoms with Gasteiger partial charge in [0.05, 0.1) is 95.8 Å². The van der Waals surface area contributed by atoms with Crippen LogP contribution in [-0.4, -0.2) is 157 Å². The fourth-order valence-corrected chi connectivity index (χ4v) is 15.1. The molecule has 7 N–H and O–H groups in total. The number of carbonyl (C=O) groups is 16. The highest BCUT2D eigenvalue weighted by Gasteiger charge is 2.39. The van der Waals surface area contributed by atoms with Crippen LogP contribution >= 0.6 is 0 Å². The van der Waals surface area contributed by atoms with Crippen molar-refractivity contribution in [2.45, 2.75) is 91.5 Å². The summed E-state index contributed by atoms with van der Waals surface area (Å²) in [6.07, 6.45) is 8.87. The maximum atomic E-state index is 12.5. The standard InChI is InChI=1S/C17H13NO4.C16H14N2O4.C16H12N2O2.C16H11NO4.C16H14O3.C15H13NO3.C11H14N2O3S/c1-2-10-3-8-13-14(9-10)16(20)18(15(13)19)12-6-4-11(5-7-12)17(21)22;1-10(19)11-6-7-12(17-8-11)9-18-15(20)13-4-2-3-5-14(13)16(21)22;1-11(19)15-6-7-18-10-14(15)8-16(20)13-4-2-12(9-17)3-5-13;1-9-2-7-12-13(8-9)15(19)17(14(12)18)11-5-3-10(4-6-11)16(20)21;1-11-6-2-3-7-12(11)10-15(17)13-8-4-5-9-14(13)16(18)19;1-10-8-11(6-7-16-10)9-14(17)12-4-2-3-5-13(12)15(18)19;1-12-17(15,16)10-6-4-9(5-7-10)13-8-2-3-11(13)14/h3-9H,2H2,1H3,(H,21,22);2-8H,9H2,1H3,(H,18,20)(H,21,22);2-7,10H,8H2,1H3;2-8H,1H3,(H,20,21);2-9H,10H2,1H3,(H,18,19);2-8H,9H2,1H3,(H,18,19);4-7,12H,2-3,8H2,1H3. The molecule has 0 unspecified atom stereocenters. The molecule has 0 saturated carbocycles. The monoisotopic (exact) mass is 1900 g/mol. The summed E-state index contributed by atoms with van der Waals surface area (Å²) in [5.41, 5.74) is 12.6. The number of aromatic nitrogens is 3. The molecule has 3 aliphatic rings. The lowest BCUT2D eigenvalue weighted by atomic mass is 9.96. The molecule has 3 aliphatic heterocycles. The van der Waals surface area contributed by atoms with Crippen LogP contribution in [0.2, 0.25) is 0 Å². The fourth-order valence-electron chi connectivity index (χ4n) is 14.4. The van der Waals surface area contributed by atoms with Crippen molar-refractivity contribution in [3.05, 3.63) is 419 Å². The molecule has 3 aromatic heterocycles. The van der Waals surface area contributed by atoms with Crippen LogP contribution in [-0.2, 0) is 47.0 Å². The first-order chi connectivity index (χ1) is 66.8.